The maximum Gasteiger partial charge on any atom is 0.491 e. The summed E-state index contributed by atoms with van der Waals surface area (Å²) < 4.78 is 44.9. The van der Waals surface area contributed by atoms with E-state index in [1.54, 1.807) is 0 Å². The van der Waals surface area contributed by atoms with E-state index in [9.17, 15) is 12.8 Å². The highest BCUT2D eigenvalue weighted by molar-refractivity contribution is 7.89. The third kappa shape index (κ3) is 2.86. The van der Waals surface area contributed by atoms with Crippen LogP contribution in [0, 0.1) is 12.7 Å². The summed E-state index contributed by atoms with van der Waals surface area (Å²) in [6.45, 7) is 2.50. The average Bonchev–Trinajstić information content (AvgIpc) is 2.39. The molecule has 1 fully saturated rings. The van der Waals surface area contributed by atoms with E-state index >= 15 is 0 Å². The first-order valence-electron chi connectivity index (χ1n) is 6.08. The number of benzene rings is 1. The van der Waals surface area contributed by atoms with E-state index in [1.807, 2.05) is 0 Å². The summed E-state index contributed by atoms with van der Waals surface area (Å²) in [6, 6.07) is 1.96. The fourth-order valence-corrected chi connectivity index (χ4v) is 3.72. The van der Waals surface area contributed by atoms with Crippen molar-refractivity contribution in [1.82, 2.24) is 4.31 Å². The van der Waals surface area contributed by atoms with Crippen molar-refractivity contribution in [2.75, 3.05) is 26.3 Å². The number of hydrogen-bond acceptors (Lipinski definition) is 5. The van der Waals surface area contributed by atoms with Crippen molar-refractivity contribution in [3.63, 3.8) is 0 Å². The van der Waals surface area contributed by atoms with Gasteiger partial charge in [0.1, 0.15) is 5.82 Å². The molecule has 0 aromatic heterocycles. The van der Waals surface area contributed by atoms with Crippen LogP contribution in [0.3, 0.4) is 0 Å². The molecule has 1 saturated heterocycles. The maximum absolute atomic E-state index is 13.6. The molecule has 0 bridgehead atoms. The van der Waals surface area contributed by atoms with Crippen molar-refractivity contribution in [3.8, 4) is 0 Å². The highest BCUT2D eigenvalue weighted by atomic mass is 32.2. The molecule has 110 valence electrons. The fraction of sp³-hybridized carbons (Fsp3) is 0.455. The second-order valence-electron chi connectivity index (χ2n) is 4.53. The van der Waals surface area contributed by atoms with Crippen LogP contribution in [0.5, 0.6) is 0 Å². The van der Waals surface area contributed by atoms with Crippen LogP contribution in [-0.2, 0) is 14.8 Å². The molecule has 6 nitrogen and oxygen atoms in total. The molecule has 0 unspecified atom stereocenters. The average molecular weight is 303 g/mol. The number of morpholine rings is 1. The quantitative estimate of drug-likeness (QED) is 0.688. The van der Waals surface area contributed by atoms with Crippen molar-refractivity contribution in [2.45, 2.75) is 11.8 Å². The van der Waals surface area contributed by atoms with Gasteiger partial charge in [0.05, 0.1) is 18.1 Å². The first kappa shape index (κ1) is 15.4. The molecule has 1 aliphatic rings. The molecule has 1 aromatic rings. The van der Waals surface area contributed by atoms with Crippen LogP contribution in [0.15, 0.2) is 17.0 Å². The third-order valence-electron chi connectivity index (χ3n) is 3.16. The Balaban J connectivity index is 2.48. The first-order valence-corrected chi connectivity index (χ1v) is 7.52. The van der Waals surface area contributed by atoms with E-state index in [2.05, 4.69) is 0 Å². The molecule has 1 heterocycles. The zero-order chi connectivity index (χ0) is 14.9. The SMILES string of the molecule is Cc1cc(F)c(B(O)O)cc1S(=O)(=O)N1CCOCC1. The van der Waals surface area contributed by atoms with Gasteiger partial charge in [0, 0.05) is 18.6 Å². The molecule has 0 saturated carbocycles. The van der Waals surface area contributed by atoms with E-state index in [1.165, 1.54) is 11.2 Å². The van der Waals surface area contributed by atoms with Crippen molar-refractivity contribution in [2.24, 2.45) is 0 Å². The molecule has 0 amide bonds. The predicted octanol–water partition coefficient (Wildman–Crippen LogP) is -1.17. The minimum absolute atomic E-state index is 0.121. The molecular formula is C11H15BFNO5S. The van der Waals surface area contributed by atoms with Gasteiger partial charge in [-0.05, 0) is 24.6 Å². The summed E-state index contributed by atoms with van der Waals surface area (Å²) in [7, 11) is -5.86. The molecule has 2 rings (SSSR count). The summed E-state index contributed by atoms with van der Waals surface area (Å²) in [4.78, 5) is -0.121. The molecule has 0 aliphatic carbocycles. The van der Waals surface area contributed by atoms with E-state index in [-0.39, 0.29) is 23.5 Å². The van der Waals surface area contributed by atoms with Gasteiger partial charge in [-0.15, -0.1) is 0 Å². The van der Waals surface area contributed by atoms with Crippen LogP contribution in [0.4, 0.5) is 4.39 Å². The molecule has 2 N–H and O–H groups in total. The van der Waals surface area contributed by atoms with Crippen LogP contribution >= 0.6 is 0 Å². The zero-order valence-electron chi connectivity index (χ0n) is 10.9. The number of rotatable bonds is 3. The summed E-state index contributed by atoms with van der Waals surface area (Å²) in [5, 5.41) is 18.2. The lowest BCUT2D eigenvalue weighted by Gasteiger charge is -2.27. The predicted molar refractivity (Wildman–Crippen MR) is 70.5 cm³/mol. The lowest BCUT2D eigenvalue weighted by molar-refractivity contribution is 0.0730. The van der Waals surface area contributed by atoms with Gasteiger partial charge < -0.3 is 14.8 Å². The van der Waals surface area contributed by atoms with Gasteiger partial charge in [0.25, 0.3) is 0 Å². The number of nitrogens with zero attached hydrogens (tertiary/aromatic N) is 1. The molecule has 9 heteroatoms. The van der Waals surface area contributed by atoms with Crippen LogP contribution < -0.4 is 5.46 Å². The molecule has 1 aromatic carbocycles. The minimum Gasteiger partial charge on any atom is -0.423 e. The third-order valence-corrected chi connectivity index (χ3v) is 5.20. The Bertz CT molecular complexity index is 601. The molecule has 20 heavy (non-hydrogen) atoms. The largest absolute Gasteiger partial charge is 0.491 e. The maximum atomic E-state index is 13.6. The van der Waals surface area contributed by atoms with E-state index in [0.717, 1.165) is 12.1 Å². The molecule has 0 atom stereocenters. The Morgan fingerprint density at radius 3 is 2.45 bits per heavy atom. The Kier molecular flexibility index (Phi) is 4.45. The molecular weight excluding hydrogens is 288 g/mol. The van der Waals surface area contributed by atoms with Gasteiger partial charge in [-0.1, -0.05) is 0 Å². The van der Waals surface area contributed by atoms with Gasteiger partial charge in [-0.3, -0.25) is 0 Å². The number of halogens is 1. The highest BCUT2D eigenvalue weighted by Gasteiger charge is 2.30. The van der Waals surface area contributed by atoms with Gasteiger partial charge >= 0.3 is 7.12 Å². The summed E-state index contributed by atoms with van der Waals surface area (Å²) in [6.07, 6.45) is 0. The van der Waals surface area contributed by atoms with E-state index in [4.69, 9.17) is 14.8 Å². The molecule has 0 radical (unpaired) electrons. The number of sulfonamides is 1. The Labute approximate surface area is 117 Å². The fourth-order valence-electron chi connectivity index (χ4n) is 2.07. The van der Waals surface area contributed by atoms with E-state index in [0.29, 0.717) is 13.2 Å². The van der Waals surface area contributed by atoms with Gasteiger partial charge in [0.2, 0.25) is 10.0 Å². The second kappa shape index (κ2) is 5.78. The van der Waals surface area contributed by atoms with Gasteiger partial charge in [0.15, 0.2) is 0 Å². The summed E-state index contributed by atoms with van der Waals surface area (Å²) >= 11 is 0. The second-order valence-corrected chi connectivity index (χ2v) is 6.44. The number of aryl methyl sites for hydroxylation is 1. The zero-order valence-corrected chi connectivity index (χ0v) is 11.7. The Morgan fingerprint density at radius 2 is 1.90 bits per heavy atom. The number of hydrogen-bond donors (Lipinski definition) is 2. The Hall–Kier alpha value is -0.995. The monoisotopic (exact) mass is 303 g/mol. The lowest BCUT2D eigenvalue weighted by Crippen LogP contribution is -2.42. The standard InChI is InChI=1S/C11H15BFNO5S/c1-8-6-10(13)9(12(15)16)7-11(8)20(17,18)14-2-4-19-5-3-14/h6-7,15-16H,2-5H2,1H3. The lowest BCUT2D eigenvalue weighted by atomic mass is 9.79. The molecule has 0 spiro atoms. The van der Waals surface area contributed by atoms with Crippen molar-refractivity contribution in [1.29, 1.82) is 0 Å². The van der Waals surface area contributed by atoms with Gasteiger partial charge in [-0.2, -0.15) is 4.31 Å². The summed E-state index contributed by atoms with van der Waals surface area (Å²) in [5.74, 6) is -0.849. The van der Waals surface area contributed by atoms with Crippen LogP contribution in [0.2, 0.25) is 0 Å². The van der Waals surface area contributed by atoms with Crippen molar-refractivity contribution >= 4 is 22.6 Å². The highest BCUT2D eigenvalue weighted by Crippen LogP contribution is 2.20. The van der Waals surface area contributed by atoms with Crippen molar-refractivity contribution in [3.05, 3.63) is 23.5 Å². The minimum atomic E-state index is -3.80. The Morgan fingerprint density at radius 1 is 1.30 bits per heavy atom. The first-order chi connectivity index (χ1) is 9.34. The van der Waals surface area contributed by atoms with Crippen LogP contribution in [0.1, 0.15) is 5.56 Å². The van der Waals surface area contributed by atoms with E-state index < -0.39 is 28.4 Å². The van der Waals surface area contributed by atoms with Crippen LogP contribution in [-0.4, -0.2) is 56.2 Å². The van der Waals surface area contributed by atoms with Crippen molar-refractivity contribution < 1.29 is 27.6 Å². The topological polar surface area (TPSA) is 87.1 Å². The number of ether oxygens (including phenoxy) is 1. The normalized spacial score (nSPS) is 17.2. The van der Waals surface area contributed by atoms with Crippen LogP contribution in [0.25, 0.3) is 0 Å². The molecule has 1 aliphatic heterocycles. The smallest absolute Gasteiger partial charge is 0.423 e. The summed E-state index contributed by atoms with van der Waals surface area (Å²) in [5.41, 5.74) is -0.235. The van der Waals surface area contributed by atoms with Gasteiger partial charge in [-0.25, -0.2) is 12.8 Å².